The molecule has 252 valence electrons. The molecule has 1 amide bonds. The van der Waals surface area contributed by atoms with Crippen molar-refractivity contribution in [3.63, 3.8) is 0 Å². The Bertz CT molecular complexity index is 1450. The molecular weight excluding hydrogens is 601 g/mol. The molecule has 5 nitrogen and oxygen atoms in total. The molecule has 0 radical (unpaired) electrons. The summed E-state index contributed by atoms with van der Waals surface area (Å²) in [7, 11) is 0. The molecule has 1 N–H and O–H groups in total. The molecule has 1 fully saturated rings. The van der Waals surface area contributed by atoms with Crippen molar-refractivity contribution in [2.45, 2.75) is 105 Å². The number of hydrogen-bond acceptors (Lipinski definition) is 3. The zero-order chi connectivity index (χ0) is 33.6. The van der Waals surface area contributed by atoms with Crippen LogP contribution in [0.4, 0.5) is 22.0 Å². The van der Waals surface area contributed by atoms with Crippen LogP contribution in [0.15, 0.2) is 30.5 Å². The van der Waals surface area contributed by atoms with E-state index < -0.39 is 40.7 Å². The highest BCUT2D eigenvalue weighted by atomic mass is 19.2. The zero-order valence-corrected chi connectivity index (χ0v) is 27.5. The first-order valence-corrected chi connectivity index (χ1v) is 16.5. The van der Waals surface area contributed by atoms with Crippen LogP contribution in [0.2, 0.25) is 0 Å². The summed E-state index contributed by atoms with van der Waals surface area (Å²) in [6.07, 6.45) is 8.33. The van der Waals surface area contributed by atoms with Crippen LogP contribution in [-0.2, 0) is 17.8 Å². The largest absolute Gasteiger partial charge is 0.494 e. The van der Waals surface area contributed by atoms with E-state index in [4.69, 9.17) is 4.74 Å². The van der Waals surface area contributed by atoms with Gasteiger partial charge in [-0.3, -0.25) is 4.79 Å². The normalized spacial score (nSPS) is 17.6. The van der Waals surface area contributed by atoms with E-state index in [1.165, 1.54) is 6.20 Å². The van der Waals surface area contributed by atoms with Crippen molar-refractivity contribution in [2.24, 2.45) is 17.3 Å². The lowest BCUT2D eigenvalue weighted by Gasteiger charge is -2.36. The predicted octanol–water partition coefficient (Wildman–Crippen LogP) is 9.48. The number of unbranched alkanes of at least 4 members (excludes halogenated alkanes) is 2. The van der Waals surface area contributed by atoms with E-state index in [2.05, 4.69) is 38.0 Å². The number of halogens is 5. The molecule has 1 heterocycles. The van der Waals surface area contributed by atoms with E-state index in [0.29, 0.717) is 31.2 Å². The minimum absolute atomic E-state index is 0.139. The minimum atomic E-state index is -2.22. The van der Waals surface area contributed by atoms with Gasteiger partial charge in [-0.1, -0.05) is 59.6 Å². The van der Waals surface area contributed by atoms with Crippen LogP contribution in [0.25, 0.3) is 11.3 Å². The Labute approximate surface area is 268 Å². The third kappa shape index (κ3) is 8.28. The number of nitrogens with one attached hydrogen (secondary N) is 1. The Morgan fingerprint density at radius 3 is 2.07 bits per heavy atom. The number of carbonyl (C=O) groups is 1. The molecule has 4 rings (SSSR count). The molecule has 2 aromatic carbocycles. The number of imidazole rings is 1. The quantitative estimate of drug-likeness (QED) is 0.0871. The van der Waals surface area contributed by atoms with E-state index in [1.54, 1.807) is 4.57 Å². The second kappa shape index (κ2) is 15.4. The molecule has 1 saturated carbocycles. The fourth-order valence-electron chi connectivity index (χ4n) is 6.18. The van der Waals surface area contributed by atoms with Crippen LogP contribution in [0.5, 0.6) is 5.75 Å². The number of aryl methyl sites for hydroxylation is 1. The predicted molar refractivity (Wildman–Crippen MR) is 169 cm³/mol. The Kier molecular flexibility index (Phi) is 11.9. The Morgan fingerprint density at radius 1 is 0.913 bits per heavy atom. The zero-order valence-electron chi connectivity index (χ0n) is 27.5. The molecule has 1 atom stereocenters. The molecule has 1 aliphatic rings. The summed E-state index contributed by atoms with van der Waals surface area (Å²) in [4.78, 5) is 18.2. The Balaban J connectivity index is 1.70. The third-order valence-electron chi connectivity index (χ3n) is 9.11. The summed E-state index contributed by atoms with van der Waals surface area (Å²) in [5.41, 5.74) is -0.469. The number of aromatic nitrogens is 2. The number of amides is 1. The molecule has 0 spiro atoms. The molecule has 0 bridgehead atoms. The monoisotopic (exact) mass is 647 g/mol. The maximum Gasteiger partial charge on any atom is 0.223 e. The van der Waals surface area contributed by atoms with Crippen molar-refractivity contribution in [2.75, 3.05) is 6.61 Å². The number of hydrogen-bond donors (Lipinski definition) is 1. The van der Waals surface area contributed by atoms with Crippen molar-refractivity contribution < 1.29 is 31.5 Å². The smallest absolute Gasteiger partial charge is 0.223 e. The maximum atomic E-state index is 14.9. The van der Waals surface area contributed by atoms with Gasteiger partial charge in [-0.25, -0.2) is 26.9 Å². The van der Waals surface area contributed by atoms with E-state index in [-0.39, 0.29) is 35.2 Å². The summed E-state index contributed by atoms with van der Waals surface area (Å²) in [5, 5.41) is 3.16. The van der Waals surface area contributed by atoms with Crippen LogP contribution in [0, 0.1) is 46.3 Å². The van der Waals surface area contributed by atoms with E-state index in [9.17, 15) is 26.7 Å². The molecule has 0 unspecified atom stereocenters. The fourth-order valence-corrected chi connectivity index (χ4v) is 6.18. The number of rotatable bonds is 13. The van der Waals surface area contributed by atoms with Crippen molar-refractivity contribution in [1.29, 1.82) is 0 Å². The van der Waals surface area contributed by atoms with Crippen molar-refractivity contribution in [3.05, 3.63) is 70.9 Å². The number of ether oxygens (including phenoxy) is 1. The van der Waals surface area contributed by atoms with Crippen LogP contribution < -0.4 is 10.1 Å². The van der Waals surface area contributed by atoms with Gasteiger partial charge in [0.2, 0.25) is 11.7 Å². The lowest BCUT2D eigenvalue weighted by molar-refractivity contribution is -0.127. The summed E-state index contributed by atoms with van der Waals surface area (Å²) in [6, 6.07) is 6.74. The van der Waals surface area contributed by atoms with Gasteiger partial charge in [0, 0.05) is 18.7 Å². The van der Waals surface area contributed by atoms with Gasteiger partial charge in [-0.2, -0.15) is 0 Å². The first kappa shape index (κ1) is 35.4. The standard InChI is InChI=1S/C36H46F5N3O2/c1-6-8-18-44-21-27(28-29(37)31(39)33(41)32(40)30(28)38)42-34(44)26(20-22-10-16-25(17-11-22)46-19-9-7-2)43-35(45)23-12-14-24(15-13-23)36(3,4)5/h10-11,16-17,21,23-24,26H,6-9,12-15,18-20H2,1-5H3,(H,43,45)/t23?,24?,26-/m0/s1. The second-order valence-corrected chi connectivity index (χ2v) is 13.5. The Hall–Kier alpha value is -3.43. The van der Waals surface area contributed by atoms with E-state index in [0.717, 1.165) is 50.5 Å². The second-order valence-electron chi connectivity index (χ2n) is 13.5. The average Bonchev–Trinajstić information content (AvgIpc) is 3.45. The number of nitrogens with zero attached hydrogens (tertiary/aromatic N) is 2. The lowest BCUT2D eigenvalue weighted by Crippen LogP contribution is -2.38. The SMILES string of the molecule is CCCCOc1ccc(C[C@H](NC(=O)C2CCC(C(C)(C)C)CC2)c2nc(-c3c(F)c(F)c(F)c(F)c3F)cn2CCCC)cc1. The molecule has 0 aliphatic heterocycles. The highest BCUT2D eigenvalue weighted by Gasteiger charge is 2.34. The van der Waals surface area contributed by atoms with Crippen molar-refractivity contribution in [3.8, 4) is 17.0 Å². The van der Waals surface area contributed by atoms with E-state index in [1.807, 2.05) is 31.2 Å². The van der Waals surface area contributed by atoms with Crippen LogP contribution >= 0.6 is 0 Å². The first-order valence-electron chi connectivity index (χ1n) is 16.5. The van der Waals surface area contributed by atoms with Gasteiger partial charge in [-0.15, -0.1) is 0 Å². The Morgan fingerprint density at radius 2 is 1.50 bits per heavy atom. The minimum Gasteiger partial charge on any atom is -0.494 e. The third-order valence-corrected chi connectivity index (χ3v) is 9.11. The van der Waals surface area contributed by atoms with E-state index >= 15 is 0 Å². The molecular formula is C36H46F5N3O2. The van der Waals surface area contributed by atoms with Crippen LogP contribution in [0.1, 0.15) is 103 Å². The van der Waals surface area contributed by atoms with Crippen molar-refractivity contribution >= 4 is 5.91 Å². The topological polar surface area (TPSA) is 56.1 Å². The molecule has 1 aliphatic carbocycles. The van der Waals surface area contributed by atoms with Gasteiger partial charge in [0.1, 0.15) is 11.6 Å². The average molecular weight is 648 g/mol. The summed E-state index contributed by atoms with van der Waals surface area (Å²) < 4.78 is 79.5. The summed E-state index contributed by atoms with van der Waals surface area (Å²) in [5.74, 6) is -9.01. The van der Waals surface area contributed by atoms with Crippen LogP contribution in [-0.4, -0.2) is 22.1 Å². The summed E-state index contributed by atoms with van der Waals surface area (Å²) >= 11 is 0. The molecule has 1 aromatic heterocycles. The highest BCUT2D eigenvalue weighted by Crippen LogP contribution is 2.40. The van der Waals surface area contributed by atoms with Gasteiger partial charge in [0.05, 0.1) is 23.9 Å². The molecule has 46 heavy (non-hydrogen) atoms. The van der Waals surface area contributed by atoms with Crippen molar-refractivity contribution in [1.82, 2.24) is 14.9 Å². The van der Waals surface area contributed by atoms with Gasteiger partial charge < -0.3 is 14.6 Å². The summed E-state index contributed by atoms with van der Waals surface area (Å²) in [6.45, 7) is 11.7. The number of carbonyl (C=O) groups excluding carboxylic acids is 1. The molecule has 3 aromatic rings. The fraction of sp³-hybridized carbons (Fsp3) is 0.556. The van der Waals surface area contributed by atoms with Gasteiger partial charge >= 0.3 is 0 Å². The molecule has 10 heteroatoms. The van der Waals surface area contributed by atoms with Gasteiger partial charge in [0.25, 0.3) is 0 Å². The highest BCUT2D eigenvalue weighted by molar-refractivity contribution is 5.79. The molecule has 0 saturated heterocycles. The van der Waals surface area contributed by atoms with Crippen LogP contribution in [0.3, 0.4) is 0 Å². The maximum absolute atomic E-state index is 14.9. The number of benzene rings is 2. The lowest BCUT2D eigenvalue weighted by atomic mass is 9.69. The van der Waals surface area contributed by atoms with Gasteiger partial charge in [0.15, 0.2) is 23.3 Å². The first-order chi connectivity index (χ1) is 21.8. The van der Waals surface area contributed by atoms with Gasteiger partial charge in [-0.05, 0) is 74.0 Å².